The summed E-state index contributed by atoms with van der Waals surface area (Å²) in [6.45, 7) is 6.44. The standard InChI is InChI=1S/C8H17.C5H9O.Al.H/c1-3-5-7-8-6-4-2;1-3-5(2)4-6;;/h1,3-8H2,2H3;5H,3H2,1-2H3;;. The maximum absolute atomic E-state index is 11.6. The van der Waals surface area contributed by atoms with Crippen LogP contribution in [-0.4, -0.2) is 19.9 Å². The van der Waals surface area contributed by atoms with Gasteiger partial charge in [0.15, 0.2) is 0 Å². The Kier molecular flexibility index (Phi) is 10.9. The van der Waals surface area contributed by atoms with Gasteiger partial charge in [-0.2, -0.15) is 0 Å². The summed E-state index contributed by atoms with van der Waals surface area (Å²) in [6.07, 6.45) is 9.14. The van der Waals surface area contributed by atoms with Crippen molar-refractivity contribution in [2.45, 2.75) is 71.0 Å². The maximum atomic E-state index is 11.6. The molecular weight excluding hydrogens is 199 g/mol. The summed E-state index contributed by atoms with van der Waals surface area (Å²) in [5, 5.41) is 1.25. The van der Waals surface area contributed by atoms with Crippen LogP contribution >= 0.6 is 0 Å². The van der Waals surface area contributed by atoms with Gasteiger partial charge < -0.3 is 4.79 Å². The number of unbranched alkanes of at least 4 members (excludes halogenated alkanes) is 5. The summed E-state index contributed by atoms with van der Waals surface area (Å²) in [5.74, 6) is 0.344. The van der Waals surface area contributed by atoms with Crippen LogP contribution in [0.25, 0.3) is 0 Å². The molecule has 1 nitrogen and oxygen atoms in total. The quantitative estimate of drug-likeness (QED) is 0.409. The van der Waals surface area contributed by atoms with E-state index < -0.39 is 15.2 Å². The first kappa shape index (κ1) is 15.2. The highest BCUT2D eigenvalue weighted by molar-refractivity contribution is 6.74. The van der Waals surface area contributed by atoms with Gasteiger partial charge in [-0.15, -0.1) is 0 Å². The minimum Gasteiger partial charge on any atom is -0.321 e. The van der Waals surface area contributed by atoms with Gasteiger partial charge in [-0.05, 0) is 12.3 Å². The van der Waals surface area contributed by atoms with Crippen LogP contribution in [0, 0.1) is 5.92 Å². The molecule has 88 valence electrons. The highest BCUT2D eigenvalue weighted by Crippen LogP contribution is 2.08. The minimum absolute atomic E-state index is 0.344. The summed E-state index contributed by atoms with van der Waals surface area (Å²) in [7, 11) is 0. The molecule has 0 saturated heterocycles. The molecule has 0 rings (SSSR count). The Morgan fingerprint density at radius 1 is 1.07 bits per heavy atom. The third-order valence-corrected chi connectivity index (χ3v) is 5.23. The first-order valence-electron chi connectivity index (χ1n) is 6.75. The third-order valence-electron chi connectivity index (χ3n) is 3.19. The Morgan fingerprint density at radius 2 is 1.67 bits per heavy atom. The van der Waals surface area contributed by atoms with Crippen molar-refractivity contribution in [1.29, 1.82) is 0 Å². The van der Waals surface area contributed by atoms with Crippen molar-refractivity contribution in [3.05, 3.63) is 0 Å². The van der Waals surface area contributed by atoms with Crippen LogP contribution in [0.2, 0.25) is 5.28 Å². The van der Waals surface area contributed by atoms with Gasteiger partial charge in [0.05, 0.1) is 0 Å². The van der Waals surface area contributed by atoms with E-state index in [0.29, 0.717) is 10.6 Å². The molecule has 2 heteroatoms. The number of carbonyl (C=O) groups excluding carboxylic acids is 1. The fourth-order valence-electron chi connectivity index (χ4n) is 1.73. The Hall–Kier alpha value is 0.202. The number of carbonyl (C=O) groups is 1. The Bertz CT molecular complexity index is 157. The van der Waals surface area contributed by atoms with E-state index in [9.17, 15) is 4.79 Å². The van der Waals surface area contributed by atoms with Crippen LogP contribution in [0.3, 0.4) is 0 Å². The van der Waals surface area contributed by atoms with E-state index >= 15 is 0 Å². The lowest BCUT2D eigenvalue weighted by Crippen LogP contribution is -2.17. The molecule has 0 amide bonds. The zero-order chi connectivity index (χ0) is 11.5. The first-order chi connectivity index (χ1) is 7.22. The topological polar surface area (TPSA) is 17.1 Å². The Balaban J connectivity index is 3.20. The number of rotatable bonds is 10. The number of hydrogen-bond acceptors (Lipinski definition) is 1. The van der Waals surface area contributed by atoms with E-state index in [0.717, 1.165) is 6.42 Å². The monoisotopic (exact) mass is 226 g/mol. The van der Waals surface area contributed by atoms with Crippen molar-refractivity contribution in [2.24, 2.45) is 5.92 Å². The molecule has 0 N–H and O–H groups in total. The summed E-state index contributed by atoms with van der Waals surface area (Å²) in [4.78, 5) is 11.6. The zero-order valence-corrected chi connectivity index (χ0v) is 12.3. The molecule has 1 atom stereocenters. The van der Waals surface area contributed by atoms with Gasteiger partial charge in [-0.1, -0.05) is 64.6 Å². The third kappa shape index (κ3) is 9.15. The van der Waals surface area contributed by atoms with E-state index in [2.05, 4.69) is 20.8 Å². The van der Waals surface area contributed by atoms with Crippen molar-refractivity contribution in [2.75, 3.05) is 0 Å². The molecule has 0 aliphatic heterocycles. The van der Waals surface area contributed by atoms with Crippen molar-refractivity contribution in [3.8, 4) is 0 Å². The first-order valence-corrected chi connectivity index (χ1v) is 8.45. The molecule has 0 aromatic rings. The van der Waals surface area contributed by atoms with Gasteiger partial charge in [0.25, 0.3) is 0 Å². The lowest BCUT2D eigenvalue weighted by atomic mass is 10.1. The largest absolute Gasteiger partial charge is 0.343 e. The van der Waals surface area contributed by atoms with Crippen LogP contribution < -0.4 is 0 Å². The number of hydrogen-bond donors (Lipinski definition) is 0. The molecular formula is C13H27AlO. The van der Waals surface area contributed by atoms with Crippen LogP contribution in [0.5, 0.6) is 0 Å². The van der Waals surface area contributed by atoms with Gasteiger partial charge in [0.2, 0.25) is 0 Å². The van der Waals surface area contributed by atoms with Gasteiger partial charge >= 0.3 is 15.2 Å². The molecule has 0 spiro atoms. The van der Waals surface area contributed by atoms with E-state index in [-0.39, 0.29) is 0 Å². The second kappa shape index (κ2) is 10.7. The predicted molar refractivity (Wildman–Crippen MR) is 69.8 cm³/mol. The van der Waals surface area contributed by atoms with Crippen LogP contribution in [0.4, 0.5) is 0 Å². The van der Waals surface area contributed by atoms with Gasteiger partial charge in [-0.25, -0.2) is 0 Å². The molecule has 15 heavy (non-hydrogen) atoms. The fraction of sp³-hybridized carbons (Fsp3) is 0.923. The zero-order valence-electron chi connectivity index (χ0n) is 10.8. The lowest BCUT2D eigenvalue weighted by Gasteiger charge is -2.05. The lowest BCUT2D eigenvalue weighted by molar-refractivity contribution is -0.115. The minimum atomic E-state index is -0.401. The molecule has 0 saturated carbocycles. The van der Waals surface area contributed by atoms with E-state index in [1.54, 1.807) is 0 Å². The Labute approximate surface area is 102 Å². The second-order valence-electron chi connectivity index (χ2n) is 4.65. The van der Waals surface area contributed by atoms with Crippen LogP contribution in [-0.2, 0) is 4.79 Å². The molecule has 0 aromatic carbocycles. The predicted octanol–water partition coefficient (Wildman–Crippen LogP) is 3.77. The van der Waals surface area contributed by atoms with Crippen LogP contribution in [0.1, 0.15) is 65.7 Å². The SMILES string of the molecule is CCCCCCC[CH2][AlH][C](=O)C(C)CC. The van der Waals surface area contributed by atoms with E-state index in [4.69, 9.17) is 0 Å². The van der Waals surface area contributed by atoms with E-state index in [1.165, 1.54) is 43.8 Å². The van der Waals surface area contributed by atoms with Crippen LogP contribution in [0.15, 0.2) is 0 Å². The fourth-order valence-corrected chi connectivity index (χ4v) is 3.46. The average molecular weight is 226 g/mol. The highest BCUT2D eigenvalue weighted by Gasteiger charge is 2.11. The summed E-state index contributed by atoms with van der Waals surface area (Å²) in [5.41, 5.74) is 0. The summed E-state index contributed by atoms with van der Waals surface area (Å²) >= 11 is -0.401. The molecule has 0 heterocycles. The highest BCUT2D eigenvalue weighted by atomic mass is 27.1. The maximum Gasteiger partial charge on any atom is 0.343 e. The molecule has 0 aliphatic rings. The second-order valence-corrected chi connectivity index (χ2v) is 6.55. The Morgan fingerprint density at radius 3 is 2.27 bits per heavy atom. The molecule has 0 aromatic heterocycles. The average Bonchev–Trinajstić information content (AvgIpc) is 2.26. The molecule has 0 fully saturated rings. The van der Waals surface area contributed by atoms with Gasteiger partial charge in [0.1, 0.15) is 0 Å². The van der Waals surface area contributed by atoms with Gasteiger partial charge in [-0.3, -0.25) is 0 Å². The van der Waals surface area contributed by atoms with Crippen molar-refractivity contribution in [3.63, 3.8) is 0 Å². The van der Waals surface area contributed by atoms with Crippen molar-refractivity contribution in [1.82, 2.24) is 0 Å². The normalized spacial score (nSPS) is 12.5. The van der Waals surface area contributed by atoms with Crippen molar-refractivity contribution < 1.29 is 4.79 Å². The summed E-state index contributed by atoms with van der Waals surface area (Å²) < 4.78 is 0.603. The summed E-state index contributed by atoms with van der Waals surface area (Å²) in [6, 6.07) is 0. The molecule has 0 bridgehead atoms. The molecule has 0 aliphatic carbocycles. The molecule has 1 unspecified atom stereocenters. The van der Waals surface area contributed by atoms with E-state index in [1.807, 2.05) is 0 Å². The van der Waals surface area contributed by atoms with Crippen molar-refractivity contribution >= 4 is 19.9 Å². The smallest absolute Gasteiger partial charge is 0.321 e. The molecule has 0 radical (unpaired) electrons. The van der Waals surface area contributed by atoms with Gasteiger partial charge in [0, 0.05) is 4.65 Å².